The van der Waals surface area contributed by atoms with Crippen LogP contribution in [0, 0.1) is 6.92 Å². The van der Waals surface area contributed by atoms with Gasteiger partial charge in [-0.3, -0.25) is 9.78 Å². The van der Waals surface area contributed by atoms with E-state index < -0.39 is 0 Å². The zero-order chi connectivity index (χ0) is 17.4. The van der Waals surface area contributed by atoms with Crippen LogP contribution in [0.3, 0.4) is 0 Å². The molecule has 1 amide bonds. The van der Waals surface area contributed by atoms with Crippen molar-refractivity contribution in [3.8, 4) is 0 Å². The average molecular weight is 335 g/mol. The molecule has 1 aliphatic carbocycles. The number of aryl methyl sites for hydroxylation is 1. The molecular weight excluding hydrogens is 314 g/mol. The van der Waals surface area contributed by atoms with E-state index in [9.17, 15) is 4.79 Å². The fraction of sp³-hybridized carbons (Fsp3) is 0.300. The summed E-state index contributed by atoms with van der Waals surface area (Å²) in [5.41, 5.74) is 9.94. The Bertz CT molecular complexity index is 941. The van der Waals surface area contributed by atoms with E-state index in [0.29, 0.717) is 24.6 Å². The molecule has 0 unspecified atom stereocenters. The number of aromatic nitrogens is 1. The molecule has 3 aromatic rings. The third-order valence-corrected chi connectivity index (χ3v) is 4.75. The largest absolute Gasteiger partial charge is 0.459 e. The maximum atomic E-state index is 12.7. The summed E-state index contributed by atoms with van der Waals surface area (Å²) < 4.78 is 5.86. The van der Waals surface area contributed by atoms with Gasteiger partial charge >= 0.3 is 0 Å². The fourth-order valence-electron chi connectivity index (χ4n) is 3.14. The average Bonchev–Trinajstić information content (AvgIpc) is 3.44. The molecule has 2 aromatic heterocycles. The number of para-hydroxylation sites is 1. The zero-order valence-electron chi connectivity index (χ0n) is 14.2. The van der Waals surface area contributed by atoms with E-state index in [-0.39, 0.29) is 5.91 Å². The van der Waals surface area contributed by atoms with Crippen LogP contribution in [-0.2, 0) is 13.1 Å². The number of pyridine rings is 1. The van der Waals surface area contributed by atoms with Crippen molar-refractivity contribution in [2.45, 2.75) is 38.8 Å². The number of carbonyl (C=O) groups is 1. The Morgan fingerprint density at radius 1 is 1.28 bits per heavy atom. The number of hydrogen-bond acceptors (Lipinski definition) is 4. The van der Waals surface area contributed by atoms with Gasteiger partial charge in [-0.2, -0.15) is 0 Å². The summed E-state index contributed by atoms with van der Waals surface area (Å²) in [4.78, 5) is 17.2. The number of nitrogens with two attached hydrogens (primary N) is 1. The maximum absolute atomic E-state index is 12.7. The highest BCUT2D eigenvalue weighted by molar-refractivity contribution is 5.95. The van der Waals surface area contributed by atoms with E-state index in [4.69, 9.17) is 10.2 Å². The molecule has 128 valence electrons. The number of benzene rings is 1. The van der Waals surface area contributed by atoms with E-state index >= 15 is 0 Å². The topological polar surface area (TPSA) is 81.2 Å². The van der Waals surface area contributed by atoms with Crippen LogP contribution in [0.5, 0.6) is 0 Å². The third kappa shape index (κ3) is 3.03. The van der Waals surface area contributed by atoms with Crippen LogP contribution >= 0.6 is 0 Å². The van der Waals surface area contributed by atoms with Gasteiger partial charge in [0, 0.05) is 23.4 Å². The lowest BCUT2D eigenvalue weighted by Gasteiger charge is -2.10. The Kier molecular flexibility index (Phi) is 4.01. The van der Waals surface area contributed by atoms with Crippen molar-refractivity contribution in [1.82, 2.24) is 10.3 Å². The van der Waals surface area contributed by atoms with Crippen LogP contribution in [0.25, 0.3) is 11.0 Å². The summed E-state index contributed by atoms with van der Waals surface area (Å²) in [7, 11) is 0. The lowest BCUT2D eigenvalue weighted by molar-refractivity contribution is 0.0946. The number of amides is 1. The van der Waals surface area contributed by atoms with Crippen molar-refractivity contribution in [3.05, 3.63) is 64.7 Å². The number of hydrogen-bond donors (Lipinski definition) is 2. The Labute approximate surface area is 146 Å². The Morgan fingerprint density at radius 3 is 2.80 bits per heavy atom. The zero-order valence-corrected chi connectivity index (χ0v) is 14.2. The van der Waals surface area contributed by atoms with Crippen molar-refractivity contribution in [3.63, 3.8) is 0 Å². The van der Waals surface area contributed by atoms with Gasteiger partial charge in [-0.05, 0) is 38.0 Å². The second kappa shape index (κ2) is 6.33. The number of carbonyl (C=O) groups excluding carboxylic acids is 1. The highest BCUT2D eigenvalue weighted by atomic mass is 16.3. The SMILES string of the molecule is Cc1c(CNC(=O)c2ccc(CN)nc2C2CC2)oc2ccccc12. The van der Waals surface area contributed by atoms with Crippen LogP contribution < -0.4 is 11.1 Å². The molecule has 2 heterocycles. The minimum absolute atomic E-state index is 0.113. The van der Waals surface area contributed by atoms with Crippen LogP contribution in [-0.4, -0.2) is 10.9 Å². The van der Waals surface area contributed by atoms with Crippen molar-refractivity contribution in [2.24, 2.45) is 5.73 Å². The summed E-state index contributed by atoms with van der Waals surface area (Å²) in [5, 5.41) is 4.06. The molecular formula is C20H21N3O2. The molecule has 5 heteroatoms. The number of rotatable bonds is 5. The molecule has 0 aliphatic heterocycles. The van der Waals surface area contributed by atoms with Crippen LogP contribution in [0.4, 0.5) is 0 Å². The van der Waals surface area contributed by atoms with E-state index in [2.05, 4.69) is 10.3 Å². The molecule has 4 rings (SSSR count). The normalized spacial score (nSPS) is 14.0. The number of nitrogens with zero attached hydrogens (tertiary/aromatic N) is 1. The summed E-state index contributed by atoms with van der Waals surface area (Å²) in [5.74, 6) is 1.06. The number of fused-ring (bicyclic) bond motifs is 1. The van der Waals surface area contributed by atoms with Crippen molar-refractivity contribution < 1.29 is 9.21 Å². The van der Waals surface area contributed by atoms with Crippen molar-refractivity contribution >= 4 is 16.9 Å². The summed E-state index contributed by atoms with van der Waals surface area (Å²) >= 11 is 0. The number of nitrogens with one attached hydrogen (secondary N) is 1. The van der Waals surface area contributed by atoms with E-state index in [1.807, 2.05) is 43.3 Å². The minimum atomic E-state index is -0.113. The predicted molar refractivity (Wildman–Crippen MR) is 96.2 cm³/mol. The molecule has 25 heavy (non-hydrogen) atoms. The quantitative estimate of drug-likeness (QED) is 0.749. The second-order valence-electron chi connectivity index (χ2n) is 6.54. The molecule has 5 nitrogen and oxygen atoms in total. The van der Waals surface area contributed by atoms with Gasteiger partial charge in [0.25, 0.3) is 5.91 Å². The van der Waals surface area contributed by atoms with Crippen molar-refractivity contribution in [2.75, 3.05) is 0 Å². The van der Waals surface area contributed by atoms with Gasteiger partial charge in [0.1, 0.15) is 11.3 Å². The lowest BCUT2D eigenvalue weighted by Crippen LogP contribution is -2.24. The monoisotopic (exact) mass is 335 g/mol. The molecule has 0 spiro atoms. The molecule has 3 N–H and O–H groups in total. The van der Waals surface area contributed by atoms with Gasteiger partial charge in [0.15, 0.2) is 0 Å². The molecule has 0 atom stereocenters. The molecule has 0 saturated heterocycles. The summed E-state index contributed by atoms with van der Waals surface area (Å²) in [6.45, 7) is 2.77. The first-order valence-corrected chi connectivity index (χ1v) is 8.62. The van der Waals surface area contributed by atoms with E-state index in [1.54, 1.807) is 0 Å². The maximum Gasteiger partial charge on any atom is 0.253 e. The molecule has 1 fully saturated rings. The summed E-state index contributed by atoms with van der Waals surface area (Å²) in [6, 6.07) is 11.6. The van der Waals surface area contributed by atoms with Gasteiger partial charge in [-0.25, -0.2) is 0 Å². The molecule has 1 aliphatic rings. The molecule has 1 saturated carbocycles. The Balaban J connectivity index is 1.55. The first kappa shape index (κ1) is 15.8. The number of furan rings is 1. The lowest BCUT2D eigenvalue weighted by atomic mass is 10.1. The fourth-order valence-corrected chi connectivity index (χ4v) is 3.14. The van der Waals surface area contributed by atoms with Gasteiger partial charge in [-0.15, -0.1) is 0 Å². The van der Waals surface area contributed by atoms with Gasteiger partial charge < -0.3 is 15.5 Å². The minimum Gasteiger partial charge on any atom is -0.459 e. The third-order valence-electron chi connectivity index (χ3n) is 4.75. The molecule has 1 aromatic carbocycles. The standard InChI is InChI=1S/C20H21N3O2/c1-12-15-4-2-3-5-17(15)25-18(12)11-22-20(24)16-9-8-14(10-21)23-19(16)13-6-7-13/h2-5,8-9,13H,6-7,10-11,21H2,1H3,(H,22,24). The Morgan fingerprint density at radius 2 is 2.08 bits per heavy atom. The Hall–Kier alpha value is -2.66. The van der Waals surface area contributed by atoms with Gasteiger partial charge in [0.2, 0.25) is 0 Å². The van der Waals surface area contributed by atoms with E-state index in [0.717, 1.165) is 46.5 Å². The van der Waals surface area contributed by atoms with Crippen LogP contribution in [0.2, 0.25) is 0 Å². The first-order chi connectivity index (χ1) is 12.2. The smallest absolute Gasteiger partial charge is 0.253 e. The van der Waals surface area contributed by atoms with Crippen LogP contribution in [0.1, 0.15) is 51.8 Å². The van der Waals surface area contributed by atoms with E-state index in [1.165, 1.54) is 0 Å². The molecule has 0 bridgehead atoms. The first-order valence-electron chi connectivity index (χ1n) is 8.62. The van der Waals surface area contributed by atoms with Crippen molar-refractivity contribution in [1.29, 1.82) is 0 Å². The second-order valence-corrected chi connectivity index (χ2v) is 6.54. The highest BCUT2D eigenvalue weighted by Gasteiger charge is 2.30. The van der Waals surface area contributed by atoms with Gasteiger partial charge in [-0.1, -0.05) is 18.2 Å². The summed E-state index contributed by atoms with van der Waals surface area (Å²) in [6.07, 6.45) is 2.17. The van der Waals surface area contributed by atoms with Crippen LogP contribution in [0.15, 0.2) is 40.8 Å². The predicted octanol–water partition coefficient (Wildman–Crippen LogP) is 3.40. The molecule has 0 radical (unpaired) electrons. The highest BCUT2D eigenvalue weighted by Crippen LogP contribution is 2.40. The van der Waals surface area contributed by atoms with Gasteiger partial charge in [0.05, 0.1) is 23.5 Å².